The van der Waals surface area contributed by atoms with E-state index in [1.807, 2.05) is 13.0 Å². The van der Waals surface area contributed by atoms with Crippen LogP contribution in [0.1, 0.15) is 23.1 Å². The molecule has 5 heteroatoms. The molecule has 0 heterocycles. The van der Waals surface area contributed by atoms with E-state index < -0.39 is 10.1 Å². The zero-order valence-electron chi connectivity index (χ0n) is 12.5. The lowest BCUT2D eigenvalue weighted by Crippen LogP contribution is -2.27. The minimum atomic E-state index is -3.80. The van der Waals surface area contributed by atoms with Crippen LogP contribution in [-0.4, -0.2) is 14.5 Å². The number of nitrogens with two attached hydrogens (primary N) is 1. The molecule has 116 valence electrons. The Bertz CT molecular complexity index is 782. The number of aryl methyl sites for hydroxylation is 2. The first-order valence-electron chi connectivity index (χ1n) is 7.32. The zero-order valence-corrected chi connectivity index (χ0v) is 13.3. The van der Waals surface area contributed by atoms with Gasteiger partial charge in [0.1, 0.15) is 10.6 Å². The minimum Gasteiger partial charge on any atom is -0.379 e. The van der Waals surface area contributed by atoms with Gasteiger partial charge in [-0.3, -0.25) is 0 Å². The van der Waals surface area contributed by atoms with Crippen LogP contribution in [0.2, 0.25) is 0 Å². The van der Waals surface area contributed by atoms with Crippen LogP contribution in [0.25, 0.3) is 0 Å². The Morgan fingerprint density at radius 1 is 1.09 bits per heavy atom. The van der Waals surface area contributed by atoms with Gasteiger partial charge < -0.3 is 9.92 Å². The second-order valence-electron chi connectivity index (χ2n) is 5.78. The van der Waals surface area contributed by atoms with E-state index in [1.54, 1.807) is 36.4 Å². The summed E-state index contributed by atoms with van der Waals surface area (Å²) in [5.74, 6) is 0.341. The molecule has 0 aromatic heterocycles. The number of fused-ring (bicyclic) bond motifs is 1. The predicted molar refractivity (Wildman–Crippen MR) is 85.4 cm³/mol. The Balaban J connectivity index is 1.86. The topological polar surface area (TPSA) is 69.4 Å². The summed E-state index contributed by atoms with van der Waals surface area (Å²) in [6.07, 6.45) is 2.66. The van der Waals surface area contributed by atoms with E-state index in [0.717, 1.165) is 30.4 Å². The molecule has 0 fully saturated rings. The third-order valence-electron chi connectivity index (χ3n) is 3.96. The maximum atomic E-state index is 12.3. The monoisotopic (exact) mass is 317 g/mol. The summed E-state index contributed by atoms with van der Waals surface area (Å²) >= 11 is 0. The molecule has 3 rings (SSSR count). The maximum absolute atomic E-state index is 12.3. The molecule has 22 heavy (non-hydrogen) atoms. The van der Waals surface area contributed by atoms with Gasteiger partial charge in [-0.25, -0.2) is 0 Å². The lowest BCUT2D eigenvalue weighted by Gasteiger charge is -2.21. The first-order chi connectivity index (χ1) is 10.4. The van der Waals surface area contributed by atoms with E-state index in [9.17, 15) is 8.42 Å². The van der Waals surface area contributed by atoms with E-state index in [1.165, 1.54) is 5.56 Å². The molecule has 1 atom stereocenters. The molecule has 0 saturated carbocycles. The molecule has 2 aromatic rings. The number of rotatable bonds is 3. The van der Waals surface area contributed by atoms with Crippen LogP contribution in [0.5, 0.6) is 5.75 Å². The average Bonchev–Trinajstić information content (AvgIpc) is 2.47. The third-order valence-corrected chi connectivity index (χ3v) is 5.22. The van der Waals surface area contributed by atoms with E-state index in [4.69, 9.17) is 9.92 Å². The molecule has 4 nitrogen and oxygen atoms in total. The van der Waals surface area contributed by atoms with Gasteiger partial charge in [0.2, 0.25) is 0 Å². The van der Waals surface area contributed by atoms with Gasteiger partial charge in [-0.2, -0.15) is 8.42 Å². The smallest absolute Gasteiger partial charge is 0.339 e. The average molecular weight is 317 g/mol. The SMILES string of the molecule is Cc1ccc(S(=O)(=O)Oc2ccc3c(c2)C[C@H](N)CC3)cc1. The summed E-state index contributed by atoms with van der Waals surface area (Å²) in [5.41, 5.74) is 9.28. The van der Waals surface area contributed by atoms with Crippen LogP contribution < -0.4 is 9.92 Å². The van der Waals surface area contributed by atoms with Crippen LogP contribution in [0, 0.1) is 6.92 Å². The fraction of sp³-hybridized carbons (Fsp3) is 0.294. The van der Waals surface area contributed by atoms with Gasteiger partial charge in [0.15, 0.2) is 0 Å². The van der Waals surface area contributed by atoms with Crippen molar-refractivity contribution in [3.63, 3.8) is 0 Å². The summed E-state index contributed by atoms with van der Waals surface area (Å²) in [5, 5.41) is 0. The fourth-order valence-corrected chi connectivity index (χ4v) is 3.62. The molecule has 0 spiro atoms. The van der Waals surface area contributed by atoms with E-state index in [0.29, 0.717) is 5.75 Å². The van der Waals surface area contributed by atoms with Gasteiger partial charge in [-0.05, 0) is 61.6 Å². The molecule has 0 radical (unpaired) electrons. The molecule has 0 bridgehead atoms. The Hall–Kier alpha value is -1.85. The minimum absolute atomic E-state index is 0.136. The third kappa shape index (κ3) is 3.15. The van der Waals surface area contributed by atoms with Gasteiger partial charge in [-0.15, -0.1) is 0 Å². The summed E-state index contributed by atoms with van der Waals surface area (Å²) in [6.45, 7) is 1.91. The van der Waals surface area contributed by atoms with Crippen LogP contribution in [0.15, 0.2) is 47.4 Å². The Kier molecular flexibility index (Phi) is 3.93. The van der Waals surface area contributed by atoms with Crippen molar-refractivity contribution in [3.05, 3.63) is 59.2 Å². The summed E-state index contributed by atoms with van der Waals surface area (Å²) < 4.78 is 29.9. The van der Waals surface area contributed by atoms with Gasteiger partial charge in [0.05, 0.1) is 0 Å². The largest absolute Gasteiger partial charge is 0.379 e. The first-order valence-corrected chi connectivity index (χ1v) is 8.73. The van der Waals surface area contributed by atoms with Crippen molar-refractivity contribution in [2.75, 3.05) is 0 Å². The molecule has 2 N–H and O–H groups in total. The molecular formula is C17H19NO3S. The Morgan fingerprint density at radius 3 is 2.55 bits per heavy atom. The van der Waals surface area contributed by atoms with E-state index in [2.05, 4.69) is 0 Å². The lowest BCUT2D eigenvalue weighted by atomic mass is 9.89. The summed E-state index contributed by atoms with van der Waals surface area (Å²) in [4.78, 5) is 0.160. The molecule has 0 saturated heterocycles. The molecular weight excluding hydrogens is 298 g/mol. The highest BCUT2D eigenvalue weighted by molar-refractivity contribution is 7.87. The molecule has 1 aliphatic rings. The van der Waals surface area contributed by atoms with Crippen LogP contribution in [0.4, 0.5) is 0 Å². The highest BCUT2D eigenvalue weighted by Crippen LogP contribution is 2.27. The zero-order chi connectivity index (χ0) is 15.7. The Labute approximate surface area is 131 Å². The molecule has 1 aliphatic carbocycles. The lowest BCUT2D eigenvalue weighted by molar-refractivity contribution is 0.484. The van der Waals surface area contributed by atoms with Crippen molar-refractivity contribution in [2.24, 2.45) is 5.73 Å². The van der Waals surface area contributed by atoms with Gasteiger partial charge in [-0.1, -0.05) is 23.8 Å². The van der Waals surface area contributed by atoms with Crippen LogP contribution in [-0.2, 0) is 23.0 Å². The standard InChI is InChI=1S/C17H19NO3S/c1-12-2-8-17(9-3-12)22(19,20)21-16-7-5-13-4-6-15(18)10-14(13)11-16/h2-3,5,7-9,11,15H,4,6,10,18H2,1H3/t15-/m1/s1. The quantitative estimate of drug-likeness (QED) is 0.883. The van der Waals surface area contributed by atoms with Crippen LogP contribution >= 0.6 is 0 Å². The number of hydrogen-bond acceptors (Lipinski definition) is 4. The first kappa shape index (κ1) is 15.1. The van der Waals surface area contributed by atoms with Crippen molar-refractivity contribution in [2.45, 2.75) is 37.1 Å². The van der Waals surface area contributed by atoms with Crippen molar-refractivity contribution in [1.29, 1.82) is 0 Å². The van der Waals surface area contributed by atoms with Gasteiger partial charge in [0, 0.05) is 6.04 Å². The van der Waals surface area contributed by atoms with Crippen molar-refractivity contribution in [1.82, 2.24) is 0 Å². The summed E-state index contributed by atoms with van der Waals surface area (Å²) in [7, 11) is -3.80. The number of benzene rings is 2. The number of hydrogen-bond donors (Lipinski definition) is 1. The van der Waals surface area contributed by atoms with Crippen molar-refractivity contribution in [3.8, 4) is 5.75 Å². The molecule has 2 aromatic carbocycles. The fourth-order valence-electron chi connectivity index (χ4n) is 2.69. The van der Waals surface area contributed by atoms with Crippen molar-refractivity contribution >= 4 is 10.1 Å². The van der Waals surface area contributed by atoms with Gasteiger partial charge in [0.25, 0.3) is 0 Å². The van der Waals surface area contributed by atoms with E-state index in [-0.39, 0.29) is 10.9 Å². The second-order valence-corrected chi connectivity index (χ2v) is 7.33. The molecule has 0 unspecified atom stereocenters. The van der Waals surface area contributed by atoms with Crippen molar-refractivity contribution < 1.29 is 12.6 Å². The highest BCUT2D eigenvalue weighted by Gasteiger charge is 2.19. The van der Waals surface area contributed by atoms with E-state index >= 15 is 0 Å². The maximum Gasteiger partial charge on any atom is 0.339 e. The predicted octanol–water partition coefficient (Wildman–Crippen LogP) is 2.58. The normalized spacial score (nSPS) is 17.8. The van der Waals surface area contributed by atoms with Crippen LogP contribution in [0.3, 0.4) is 0 Å². The Morgan fingerprint density at radius 2 is 1.82 bits per heavy atom. The highest BCUT2D eigenvalue weighted by atomic mass is 32.2. The molecule has 0 aliphatic heterocycles. The second kappa shape index (κ2) is 5.74. The summed E-state index contributed by atoms with van der Waals surface area (Å²) in [6, 6.07) is 12.2. The molecule has 0 amide bonds. The van der Waals surface area contributed by atoms with Gasteiger partial charge >= 0.3 is 10.1 Å².